The molecule has 0 spiro atoms. The molecular formula is C13H22N2. The summed E-state index contributed by atoms with van der Waals surface area (Å²) in [5.74, 6) is 0.331. The van der Waals surface area contributed by atoms with Crippen LogP contribution in [0.5, 0.6) is 0 Å². The molecule has 84 valence electrons. The van der Waals surface area contributed by atoms with Gasteiger partial charge in [0.1, 0.15) is 0 Å². The summed E-state index contributed by atoms with van der Waals surface area (Å²) < 4.78 is 0. The minimum atomic E-state index is 0.313. The van der Waals surface area contributed by atoms with Gasteiger partial charge < -0.3 is 4.99 Å². The molecule has 0 N–H and O–H groups in total. The second-order valence-corrected chi connectivity index (χ2v) is 3.53. The van der Waals surface area contributed by atoms with Gasteiger partial charge in [-0.05, 0) is 25.8 Å². The smallest absolute Gasteiger partial charge is 0.0480 e. The van der Waals surface area contributed by atoms with Gasteiger partial charge in [0, 0.05) is 31.4 Å². The Hall–Kier alpha value is -1.18. The quantitative estimate of drug-likeness (QED) is 0.451. The van der Waals surface area contributed by atoms with Crippen molar-refractivity contribution in [2.45, 2.75) is 32.7 Å². The van der Waals surface area contributed by atoms with Crippen molar-refractivity contribution >= 4 is 12.4 Å². The second kappa shape index (κ2) is 9.38. The first-order valence-corrected chi connectivity index (χ1v) is 5.47. The van der Waals surface area contributed by atoms with Gasteiger partial charge in [-0.2, -0.15) is 0 Å². The van der Waals surface area contributed by atoms with E-state index in [0.717, 1.165) is 12.8 Å². The van der Waals surface area contributed by atoms with E-state index in [9.17, 15) is 0 Å². The summed E-state index contributed by atoms with van der Waals surface area (Å²) in [5.41, 5.74) is 0. The number of nitrogens with zero attached hydrogens (tertiary/aromatic N) is 2. The Labute approximate surface area is 93.5 Å². The standard InChI is InChI=1S/C13H22N2/c1-5-7-8-9-15-12(3)10-13(6-2)11-14-4/h6-9,11-13H,2,5,10H2,1,3-4H3/b8-7-,14-11-,15-9-. The van der Waals surface area contributed by atoms with Crippen molar-refractivity contribution in [1.82, 2.24) is 0 Å². The Bertz CT molecular complexity index is 239. The van der Waals surface area contributed by atoms with Gasteiger partial charge in [-0.1, -0.05) is 19.1 Å². The molecule has 0 rings (SSSR count). The SMILES string of the molecule is C=CC(/C=N\C)CC(C)/N=C\C=C/CC. The van der Waals surface area contributed by atoms with Crippen molar-refractivity contribution < 1.29 is 0 Å². The van der Waals surface area contributed by atoms with E-state index in [1.165, 1.54) is 0 Å². The van der Waals surface area contributed by atoms with E-state index in [-0.39, 0.29) is 0 Å². The van der Waals surface area contributed by atoms with Crippen molar-refractivity contribution in [1.29, 1.82) is 0 Å². The third-order valence-electron chi connectivity index (χ3n) is 2.05. The van der Waals surface area contributed by atoms with E-state index in [0.29, 0.717) is 12.0 Å². The number of allylic oxidation sites excluding steroid dienone is 3. The van der Waals surface area contributed by atoms with E-state index in [2.05, 4.69) is 36.5 Å². The highest BCUT2D eigenvalue weighted by Crippen LogP contribution is 2.08. The Balaban J connectivity index is 3.99. The monoisotopic (exact) mass is 206 g/mol. The molecule has 2 atom stereocenters. The highest BCUT2D eigenvalue weighted by atomic mass is 14.8. The van der Waals surface area contributed by atoms with Gasteiger partial charge in [-0.3, -0.25) is 4.99 Å². The minimum Gasteiger partial charge on any atom is -0.300 e. The summed E-state index contributed by atoms with van der Waals surface area (Å²) >= 11 is 0. The third kappa shape index (κ3) is 7.86. The molecular weight excluding hydrogens is 184 g/mol. The molecule has 2 nitrogen and oxygen atoms in total. The summed E-state index contributed by atoms with van der Waals surface area (Å²) in [4.78, 5) is 8.42. The normalized spacial score (nSPS) is 16.5. The molecule has 0 aliphatic heterocycles. The number of hydrogen-bond acceptors (Lipinski definition) is 2. The van der Waals surface area contributed by atoms with Crippen molar-refractivity contribution in [2.24, 2.45) is 15.9 Å². The van der Waals surface area contributed by atoms with E-state index in [4.69, 9.17) is 0 Å². The first-order chi connectivity index (χ1) is 7.24. The first-order valence-electron chi connectivity index (χ1n) is 5.47. The van der Waals surface area contributed by atoms with Gasteiger partial charge in [-0.25, -0.2) is 0 Å². The van der Waals surface area contributed by atoms with Crippen molar-refractivity contribution in [3.63, 3.8) is 0 Å². The molecule has 0 aliphatic rings. The van der Waals surface area contributed by atoms with Crippen molar-refractivity contribution in [3.8, 4) is 0 Å². The maximum absolute atomic E-state index is 4.41. The topological polar surface area (TPSA) is 24.7 Å². The fourth-order valence-electron chi connectivity index (χ4n) is 1.26. The molecule has 2 heteroatoms. The molecule has 0 saturated heterocycles. The van der Waals surface area contributed by atoms with Crippen LogP contribution in [-0.4, -0.2) is 25.5 Å². The van der Waals surface area contributed by atoms with Gasteiger partial charge >= 0.3 is 0 Å². The Kier molecular flexibility index (Phi) is 8.64. The molecule has 0 heterocycles. The molecule has 0 fully saturated rings. The van der Waals surface area contributed by atoms with Crippen LogP contribution in [0.3, 0.4) is 0 Å². The molecule has 15 heavy (non-hydrogen) atoms. The summed E-state index contributed by atoms with van der Waals surface area (Å²) in [6.45, 7) is 8.00. The number of aliphatic imine (C=N–C) groups is 2. The largest absolute Gasteiger partial charge is 0.300 e. The Morgan fingerprint density at radius 3 is 2.67 bits per heavy atom. The molecule has 0 bridgehead atoms. The Morgan fingerprint density at radius 1 is 1.40 bits per heavy atom. The van der Waals surface area contributed by atoms with Crippen LogP contribution in [0.4, 0.5) is 0 Å². The lowest BCUT2D eigenvalue weighted by molar-refractivity contribution is 0.630. The van der Waals surface area contributed by atoms with Crippen molar-refractivity contribution in [2.75, 3.05) is 7.05 Å². The van der Waals surface area contributed by atoms with Crippen LogP contribution in [0.25, 0.3) is 0 Å². The van der Waals surface area contributed by atoms with Crippen LogP contribution in [-0.2, 0) is 0 Å². The first kappa shape index (κ1) is 13.8. The van der Waals surface area contributed by atoms with Crippen LogP contribution in [0.2, 0.25) is 0 Å². The van der Waals surface area contributed by atoms with Gasteiger partial charge in [0.25, 0.3) is 0 Å². The summed E-state index contributed by atoms with van der Waals surface area (Å²) in [5, 5.41) is 0. The van der Waals surface area contributed by atoms with Crippen LogP contribution < -0.4 is 0 Å². The molecule has 0 aromatic carbocycles. The summed E-state index contributed by atoms with van der Waals surface area (Å²) in [6, 6.07) is 0.313. The van der Waals surface area contributed by atoms with E-state index >= 15 is 0 Å². The fraction of sp³-hybridized carbons (Fsp3) is 0.538. The van der Waals surface area contributed by atoms with Gasteiger partial charge in [0.05, 0.1) is 0 Å². The average molecular weight is 206 g/mol. The highest BCUT2D eigenvalue weighted by Gasteiger charge is 2.05. The predicted octanol–water partition coefficient (Wildman–Crippen LogP) is 3.30. The maximum Gasteiger partial charge on any atom is 0.0480 e. The van der Waals surface area contributed by atoms with Crippen molar-refractivity contribution in [3.05, 3.63) is 24.8 Å². The van der Waals surface area contributed by atoms with E-state index in [1.54, 1.807) is 7.05 Å². The molecule has 0 aliphatic carbocycles. The van der Waals surface area contributed by atoms with Crippen LogP contribution >= 0.6 is 0 Å². The molecule has 0 radical (unpaired) electrons. The van der Waals surface area contributed by atoms with Gasteiger partial charge in [0.2, 0.25) is 0 Å². The van der Waals surface area contributed by atoms with Crippen LogP contribution in [0, 0.1) is 5.92 Å². The van der Waals surface area contributed by atoms with Crippen LogP contribution in [0.1, 0.15) is 26.7 Å². The third-order valence-corrected chi connectivity index (χ3v) is 2.05. The van der Waals surface area contributed by atoms with E-state index < -0.39 is 0 Å². The molecule has 0 saturated carbocycles. The molecule has 0 aromatic heterocycles. The minimum absolute atomic E-state index is 0.313. The van der Waals surface area contributed by atoms with E-state index in [1.807, 2.05) is 24.6 Å². The van der Waals surface area contributed by atoms with Gasteiger partial charge in [0.15, 0.2) is 0 Å². The zero-order valence-electron chi connectivity index (χ0n) is 10.1. The maximum atomic E-state index is 4.41. The fourth-order valence-corrected chi connectivity index (χ4v) is 1.26. The predicted molar refractivity (Wildman–Crippen MR) is 70.1 cm³/mol. The second-order valence-electron chi connectivity index (χ2n) is 3.53. The molecule has 2 unspecified atom stereocenters. The molecule has 0 amide bonds. The Morgan fingerprint density at radius 2 is 2.13 bits per heavy atom. The summed E-state index contributed by atoms with van der Waals surface area (Å²) in [6.07, 6.45) is 11.8. The molecule has 0 aromatic rings. The lowest BCUT2D eigenvalue weighted by Gasteiger charge is -2.09. The number of rotatable bonds is 7. The van der Waals surface area contributed by atoms with Gasteiger partial charge in [-0.15, -0.1) is 6.58 Å². The zero-order valence-corrected chi connectivity index (χ0v) is 10.1. The average Bonchev–Trinajstić information content (AvgIpc) is 2.24. The lowest BCUT2D eigenvalue weighted by Crippen LogP contribution is -2.08. The lowest BCUT2D eigenvalue weighted by atomic mass is 10.0. The van der Waals surface area contributed by atoms with Crippen LogP contribution in [0.15, 0.2) is 34.8 Å². The number of hydrogen-bond donors (Lipinski definition) is 0. The summed E-state index contributed by atoms with van der Waals surface area (Å²) in [7, 11) is 1.79. The highest BCUT2D eigenvalue weighted by molar-refractivity contribution is 5.71. The zero-order chi connectivity index (χ0) is 11.5.